The highest BCUT2D eigenvalue weighted by molar-refractivity contribution is 7.92. The minimum absolute atomic E-state index is 0.0413. The van der Waals surface area contributed by atoms with E-state index in [4.69, 9.17) is 4.74 Å². The molecule has 1 aliphatic heterocycles. The summed E-state index contributed by atoms with van der Waals surface area (Å²) in [7, 11) is -3.34. The molecule has 3 rings (SSSR count). The Labute approximate surface area is 160 Å². The maximum Gasteiger partial charge on any atom is 0.258 e. The first-order valence-electron chi connectivity index (χ1n) is 8.90. The Balaban J connectivity index is 1.95. The van der Waals surface area contributed by atoms with E-state index < -0.39 is 10.0 Å². The van der Waals surface area contributed by atoms with Crippen molar-refractivity contribution < 1.29 is 17.9 Å². The molecule has 1 saturated heterocycles. The average Bonchev–Trinajstić information content (AvgIpc) is 2.63. The first kappa shape index (κ1) is 19.4. The van der Waals surface area contributed by atoms with Gasteiger partial charge in [0.05, 0.1) is 6.26 Å². The van der Waals surface area contributed by atoms with E-state index in [-0.39, 0.29) is 11.9 Å². The van der Waals surface area contributed by atoms with Crippen LogP contribution in [0.15, 0.2) is 48.5 Å². The van der Waals surface area contributed by atoms with Crippen LogP contribution in [0.25, 0.3) is 0 Å². The summed E-state index contributed by atoms with van der Waals surface area (Å²) >= 11 is 0. The molecule has 7 heteroatoms. The maximum absolute atomic E-state index is 13.4. The molecule has 0 saturated carbocycles. The molecule has 0 bridgehead atoms. The first-order valence-corrected chi connectivity index (χ1v) is 10.8. The zero-order chi connectivity index (χ0) is 19.4. The number of aryl methyl sites for hydroxylation is 1. The van der Waals surface area contributed by atoms with Crippen LogP contribution < -0.4 is 9.62 Å². The molecule has 1 heterocycles. The second-order valence-corrected chi connectivity index (χ2v) is 8.50. The minimum atomic E-state index is -3.34. The van der Waals surface area contributed by atoms with E-state index in [1.165, 1.54) is 0 Å². The number of amides is 1. The topological polar surface area (TPSA) is 75.7 Å². The van der Waals surface area contributed by atoms with Crippen molar-refractivity contribution in [1.82, 2.24) is 0 Å². The Bertz CT molecular complexity index is 904. The van der Waals surface area contributed by atoms with Gasteiger partial charge in [0.25, 0.3) is 5.91 Å². The Kier molecular flexibility index (Phi) is 5.82. The average molecular weight is 388 g/mol. The summed E-state index contributed by atoms with van der Waals surface area (Å²) in [5.41, 5.74) is 2.81. The zero-order valence-corrected chi connectivity index (χ0v) is 16.3. The summed E-state index contributed by atoms with van der Waals surface area (Å²) in [4.78, 5) is 15.2. The highest BCUT2D eigenvalue weighted by Gasteiger charge is 2.28. The van der Waals surface area contributed by atoms with E-state index in [1.807, 2.05) is 36.1 Å². The van der Waals surface area contributed by atoms with Crippen molar-refractivity contribution in [2.24, 2.45) is 0 Å². The number of rotatable bonds is 5. The molecule has 1 N–H and O–H groups in total. The van der Waals surface area contributed by atoms with Crippen LogP contribution in [0, 0.1) is 6.92 Å². The molecular weight excluding hydrogens is 364 g/mol. The van der Waals surface area contributed by atoms with Crippen molar-refractivity contribution in [3.8, 4) is 0 Å². The Morgan fingerprint density at radius 1 is 1.07 bits per heavy atom. The van der Waals surface area contributed by atoms with Crippen LogP contribution in [-0.4, -0.2) is 39.8 Å². The summed E-state index contributed by atoms with van der Waals surface area (Å²) < 4.78 is 30.7. The molecule has 6 nitrogen and oxygen atoms in total. The van der Waals surface area contributed by atoms with Gasteiger partial charge in [-0.1, -0.05) is 18.2 Å². The maximum atomic E-state index is 13.4. The summed E-state index contributed by atoms with van der Waals surface area (Å²) in [6.07, 6.45) is 2.64. The van der Waals surface area contributed by atoms with Gasteiger partial charge in [0, 0.05) is 36.2 Å². The molecule has 1 fully saturated rings. The normalized spacial score (nSPS) is 15.3. The molecule has 0 unspecified atom stereocenters. The fourth-order valence-corrected chi connectivity index (χ4v) is 3.85. The number of carbonyl (C=O) groups excluding carboxylic acids is 1. The highest BCUT2D eigenvalue weighted by Crippen LogP contribution is 2.27. The standard InChI is InChI=1S/C20H24N2O4S/c1-15-5-3-4-6-19(15)20(23)22(18-11-13-26-14-12-18)17-9-7-16(8-10-17)21-27(2,24)25/h3-10,18,21H,11-14H2,1-2H3. The minimum Gasteiger partial charge on any atom is -0.381 e. The number of hydrogen-bond acceptors (Lipinski definition) is 4. The molecule has 0 atom stereocenters. The van der Waals surface area contributed by atoms with Crippen molar-refractivity contribution in [1.29, 1.82) is 0 Å². The second kappa shape index (κ2) is 8.10. The Morgan fingerprint density at radius 2 is 1.70 bits per heavy atom. The van der Waals surface area contributed by atoms with Crippen LogP contribution in [0.3, 0.4) is 0 Å². The fourth-order valence-electron chi connectivity index (χ4n) is 3.28. The van der Waals surface area contributed by atoms with Crippen LogP contribution in [0.5, 0.6) is 0 Å². The monoisotopic (exact) mass is 388 g/mol. The van der Waals surface area contributed by atoms with Crippen LogP contribution >= 0.6 is 0 Å². The Hall–Kier alpha value is -2.38. The lowest BCUT2D eigenvalue weighted by Crippen LogP contribution is -2.44. The van der Waals surface area contributed by atoms with Gasteiger partial charge in [-0.15, -0.1) is 0 Å². The van der Waals surface area contributed by atoms with Gasteiger partial charge in [-0.3, -0.25) is 9.52 Å². The number of ether oxygens (including phenoxy) is 1. The third kappa shape index (κ3) is 4.87. The molecule has 0 aromatic heterocycles. The van der Waals surface area contributed by atoms with E-state index in [0.29, 0.717) is 24.5 Å². The predicted molar refractivity (Wildman–Crippen MR) is 107 cm³/mol. The number of anilines is 2. The van der Waals surface area contributed by atoms with Crippen LogP contribution in [0.2, 0.25) is 0 Å². The van der Waals surface area contributed by atoms with Crippen molar-refractivity contribution in [3.63, 3.8) is 0 Å². The van der Waals surface area contributed by atoms with Gasteiger partial charge in [-0.2, -0.15) is 0 Å². The van der Waals surface area contributed by atoms with Gasteiger partial charge in [0.15, 0.2) is 0 Å². The van der Waals surface area contributed by atoms with Gasteiger partial charge in [0.1, 0.15) is 0 Å². The number of nitrogens with one attached hydrogen (secondary N) is 1. The third-order valence-electron chi connectivity index (χ3n) is 4.60. The zero-order valence-electron chi connectivity index (χ0n) is 15.5. The number of hydrogen-bond donors (Lipinski definition) is 1. The molecule has 0 radical (unpaired) electrons. The van der Waals surface area contributed by atoms with E-state index in [2.05, 4.69) is 4.72 Å². The van der Waals surface area contributed by atoms with Crippen LogP contribution in [0.4, 0.5) is 11.4 Å². The summed E-state index contributed by atoms with van der Waals surface area (Å²) in [6, 6.07) is 14.5. The van der Waals surface area contributed by atoms with Gasteiger partial charge < -0.3 is 9.64 Å². The molecule has 2 aromatic rings. The number of nitrogens with zero attached hydrogens (tertiary/aromatic N) is 1. The molecule has 0 aliphatic carbocycles. The lowest BCUT2D eigenvalue weighted by Gasteiger charge is -2.35. The van der Waals surface area contributed by atoms with Gasteiger partial charge in [0.2, 0.25) is 10.0 Å². The van der Waals surface area contributed by atoms with Crippen molar-refractivity contribution in [2.75, 3.05) is 29.1 Å². The molecule has 2 aromatic carbocycles. The molecular formula is C20H24N2O4S. The molecule has 0 spiro atoms. The van der Waals surface area contributed by atoms with Gasteiger partial charge in [-0.25, -0.2) is 8.42 Å². The van der Waals surface area contributed by atoms with E-state index in [1.54, 1.807) is 24.3 Å². The summed E-state index contributed by atoms with van der Waals surface area (Å²) in [6.45, 7) is 3.17. The van der Waals surface area contributed by atoms with E-state index in [9.17, 15) is 13.2 Å². The quantitative estimate of drug-likeness (QED) is 0.853. The first-order chi connectivity index (χ1) is 12.8. The van der Waals surface area contributed by atoms with Crippen molar-refractivity contribution in [3.05, 3.63) is 59.7 Å². The number of benzene rings is 2. The lowest BCUT2D eigenvalue weighted by atomic mass is 10.0. The SMILES string of the molecule is Cc1ccccc1C(=O)N(c1ccc(NS(C)(=O)=O)cc1)C1CCOCC1. The largest absolute Gasteiger partial charge is 0.381 e. The smallest absolute Gasteiger partial charge is 0.258 e. The molecule has 1 amide bonds. The Morgan fingerprint density at radius 3 is 2.30 bits per heavy atom. The number of carbonyl (C=O) groups is 1. The van der Waals surface area contributed by atoms with Gasteiger partial charge in [-0.05, 0) is 55.7 Å². The van der Waals surface area contributed by atoms with E-state index >= 15 is 0 Å². The molecule has 27 heavy (non-hydrogen) atoms. The summed E-state index contributed by atoms with van der Waals surface area (Å²) in [5.74, 6) is -0.0520. The molecule has 144 valence electrons. The predicted octanol–water partition coefficient (Wildman–Crippen LogP) is 3.19. The third-order valence-corrected chi connectivity index (χ3v) is 5.21. The second-order valence-electron chi connectivity index (χ2n) is 6.75. The van der Waals surface area contributed by atoms with Gasteiger partial charge >= 0.3 is 0 Å². The fraction of sp³-hybridized carbons (Fsp3) is 0.350. The highest BCUT2D eigenvalue weighted by atomic mass is 32.2. The van der Waals surface area contributed by atoms with Crippen LogP contribution in [0.1, 0.15) is 28.8 Å². The lowest BCUT2D eigenvalue weighted by molar-refractivity contribution is 0.0772. The molecule has 1 aliphatic rings. The number of sulfonamides is 1. The van der Waals surface area contributed by atoms with Crippen molar-refractivity contribution >= 4 is 27.3 Å². The van der Waals surface area contributed by atoms with E-state index in [0.717, 1.165) is 30.3 Å². The summed E-state index contributed by atoms with van der Waals surface area (Å²) in [5, 5.41) is 0. The van der Waals surface area contributed by atoms with Crippen molar-refractivity contribution in [2.45, 2.75) is 25.8 Å². The van der Waals surface area contributed by atoms with Crippen LogP contribution in [-0.2, 0) is 14.8 Å².